The Bertz CT molecular complexity index is 3490. The lowest BCUT2D eigenvalue weighted by Crippen LogP contribution is -2.52. The summed E-state index contributed by atoms with van der Waals surface area (Å²) in [6, 6.07) is 29.1. The molecule has 10 atom stereocenters. The van der Waals surface area contributed by atoms with Gasteiger partial charge in [0.25, 0.3) is 0 Å². The number of fused-ring (bicyclic) bond motifs is 13. The van der Waals surface area contributed by atoms with Crippen LogP contribution in [0.25, 0.3) is 39.1 Å². The average Bonchev–Trinajstić information content (AvgIpc) is 1.77. The third kappa shape index (κ3) is 10.1. The van der Waals surface area contributed by atoms with Crippen molar-refractivity contribution in [3.63, 3.8) is 0 Å². The molecular formula is C73H79BrF4O5. The Balaban J connectivity index is 0.792. The van der Waals surface area contributed by atoms with Crippen molar-refractivity contribution in [3.8, 4) is 39.5 Å². The molecule has 10 unspecified atom stereocenters. The summed E-state index contributed by atoms with van der Waals surface area (Å²) in [4.78, 5) is 13.6. The fourth-order valence-corrected chi connectivity index (χ4v) is 17.9. The Morgan fingerprint density at radius 1 is 0.747 bits per heavy atom. The third-order valence-electron chi connectivity index (χ3n) is 21.3. The minimum Gasteiger partial charge on any atom is -0.494 e. The van der Waals surface area contributed by atoms with E-state index in [1.54, 1.807) is 30.3 Å². The maximum absolute atomic E-state index is 14.8. The molecule has 0 amide bonds. The molecule has 0 saturated heterocycles. The van der Waals surface area contributed by atoms with E-state index in [0.29, 0.717) is 74.5 Å². The summed E-state index contributed by atoms with van der Waals surface area (Å²) in [5.41, 5.74) is 5.13. The van der Waals surface area contributed by atoms with E-state index < -0.39 is 34.7 Å². The highest BCUT2D eigenvalue weighted by molar-refractivity contribution is 9.10. The van der Waals surface area contributed by atoms with Gasteiger partial charge >= 0.3 is 12.3 Å². The second kappa shape index (κ2) is 21.9. The highest BCUT2D eigenvalue weighted by Crippen LogP contribution is 2.68. The molecule has 3 fully saturated rings. The Kier molecular flexibility index (Phi) is 15.2. The van der Waals surface area contributed by atoms with E-state index in [9.17, 15) is 22.4 Å². The largest absolute Gasteiger partial charge is 0.514 e. The number of alkyl halides is 3. The zero-order valence-electron chi connectivity index (χ0n) is 49.4. The fourth-order valence-electron chi connectivity index (χ4n) is 17.0. The summed E-state index contributed by atoms with van der Waals surface area (Å²) < 4.78 is 85.2. The van der Waals surface area contributed by atoms with Gasteiger partial charge in [-0.05, 0) is 209 Å². The van der Waals surface area contributed by atoms with Gasteiger partial charge in [0.15, 0.2) is 5.60 Å². The molecule has 6 aliphatic rings. The van der Waals surface area contributed by atoms with Crippen LogP contribution in [-0.2, 0) is 21.9 Å². The summed E-state index contributed by atoms with van der Waals surface area (Å²) in [5, 5.41) is 0.913. The van der Waals surface area contributed by atoms with Crippen LogP contribution in [0.3, 0.4) is 0 Å². The van der Waals surface area contributed by atoms with E-state index in [2.05, 4.69) is 95.6 Å². The van der Waals surface area contributed by atoms with Gasteiger partial charge in [-0.2, -0.15) is 13.2 Å². The molecule has 6 aromatic rings. The number of benzene rings is 6. The van der Waals surface area contributed by atoms with E-state index in [-0.39, 0.29) is 11.5 Å². The quantitative estimate of drug-likeness (QED) is 0.0358. The molecule has 0 radical (unpaired) electrons. The van der Waals surface area contributed by atoms with Gasteiger partial charge in [-0.3, -0.25) is 0 Å². The number of ether oxygens (including phenoxy) is 4. The highest BCUT2D eigenvalue weighted by atomic mass is 79.9. The number of rotatable bonds is 14. The van der Waals surface area contributed by atoms with Gasteiger partial charge < -0.3 is 18.9 Å². The molecule has 0 aromatic heterocycles. The molecular weight excluding hydrogens is 1110 g/mol. The first kappa shape index (κ1) is 57.6. The molecule has 436 valence electrons. The normalized spacial score (nSPS) is 27.6. The molecule has 0 bridgehead atoms. The van der Waals surface area contributed by atoms with Crippen LogP contribution >= 0.6 is 15.9 Å². The van der Waals surface area contributed by atoms with Crippen LogP contribution in [0.15, 0.2) is 126 Å². The van der Waals surface area contributed by atoms with E-state index in [0.717, 1.165) is 99.7 Å². The smallest absolute Gasteiger partial charge is 0.494 e. The van der Waals surface area contributed by atoms with Crippen molar-refractivity contribution in [2.75, 3.05) is 6.61 Å². The van der Waals surface area contributed by atoms with Crippen LogP contribution in [0.2, 0.25) is 0 Å². The number of carbonyl (C=O) groups excluding carboxylic acids is 1. The van der Waals surface area contributed by atoms with Crippen LogP contribution in [0.1, 0.15) is 166 Å². The fraction of sp³-hybridized carbons (Fsp3) is 0.466. The molecule has 1 aliphatic heterocycles. The maximum atomic E-state index is 14.8. The lowest BCUT2D eigenvalue weighted by Gasteiger charge is -2.59. The predicted molar refractivity (Wildman–Crippen MR) is 327 cm³/mol. The first-order valence-corrected chi connectivity index (χ1v) is 31.5. The molecule has 3 saturated carbocycles. The van der Waals surface area contributed by atoms with Crippen molar-refractivity contribution in [1.29, 1.82) is 0 Å². The molecule has 12 rings (SSSR count). The minimum absolute atomic E-state index is 0.192. The monoisotopic (exact) mass is 1190 g/mol. The van der Waals surface area contributed by atoms with Gasteiger partial charge in [-0.1, -0.05) is 158 Å². The summed E-state index contributed by atoms with van der Waals surface area (Å²) in [5.74, 6) is 5.70. The first-order chi connectivity index (χ1) is 39.6. The van der Waals surface area contributed by atoms with E-state index in [4.69, 9.17) is 18.9 Å². The predicted octanol–water partition coefficient (Wildman–Crippen LogP) is 21.0. The van der Waals surface area contributed by atoms with Crippen molar-refractivity contribution < 1.29 is 41.3 Å². The molecule has 0 N–H and O–H groups in total. The van der Waals surface area contributed by atoms with Gasteiger partial charge in [0.2, 0.25) is 0 Å². The summed E-state index contributed by atoms with van der Waals surface area (Å²) >= 11 is 3.97. The molecule has 10 heteroatoms. The van der Waals surface area contributed by atoms with Crippen LogP contribution < -0.4 is 14.2 Å². The van der Waals surface area contributed by atoms with E-state index in [1.807, 2.05) is 48.6 Å². The Morgan fingerprint density at radius 3 is 2.16 bits per heavy atom. The Hall–Kier alpha value is -5.87. The lowest BCUT2D eigenvalue weighted by atomic mass is 9.46. The zero-order chi connectivity index (χ0) is 58.4. The Morgan fingerprint density at radius 2 is 1.45 bits per heavy atom. The van der Waals surface area contributed by atoms with Gasteiger partial charge in [0.05, 0.1) is 12.2 Å². The van der Waals surface area contributed by atoms with Crippen LogP contribution in [0.4, 0.5) is 22.4 Å². The van der Waals surface area contributed by atoms with Crippen molar-refractivity contribution in [1.82, 2.24) is 0 Å². The summed E-state index contributed by atoms with van der Waals surface area (Å²) in [6.07, 6.45) is 17.4. The van der Waals surface area contributed by atoms with Crippen molar-refractivity contribution >= 4 is 38.9 Å². The SMILES string of the molecule is CCCCOc1ccc(C2(c3ccc(F)cc3)C=Cc3c4c(c5ccc(C(F)(F)F)cc5c3O2)-c2cc(-c3ccc(OC(=O)OC5CCC6(C)C(C=CC7C6CCC6(C)C(C(C)CCCC(C)C)CCC76)C5)cc3)cc(Br)c2C4(C)C)cc1. The van der Waals surface area contributed by atoms with Crippen molar-refractivity contribution in [2.24, 2.45) is 52.3 Å². The number of hydrogen-bond acceptors (Lipinski definition) is 5. The van der Waals surface area contributed by atoms with Gasteiger partial charge in [-0.15, -0.1) is 0 Å². The minimum atomic E-state index is -4.63. The topological polar surface area (TPSA) is 54.0 Å². The van der Waals surface area contributed by atoms with Crippen molar-refractivity contribution in [3.05, 3.63) is 165 Å². The average molecular weight is 1190 g/mol. The standard InChI is InChI=1S/C73H79BrF4O5/c1-9-10-38-80-52-26-18-48(19-27-52)72(47-16-22-51(75)23-17-47)37-33-57-66-64(55-28-21-50(73(76,77)78)42-58(55)67(57)83-72)59-39-46(40-63(74)65(59)69(66,5)6)45-14-24-53(25-15-45)81-68(79)82-54-32-35-70(7)49(41-54)20-29-56-61-31-30-60(44(4)13-11-12-43(2)3)71(61,8)36-34-62(56)70/h14-29,33,37,39-40,42-44,49,54,56,60-62H,9-13,30-32,34-36,38,41H2,1-8H3. The molecule has 0 spiro atoms. The van der Waals surface area contributed by atoms with Gasteiger partial charge in [0, 0.05) is 32.0 Å². The third-order valence-corrected chi connectivity index (χ3v) is 21.9. The Labute approximate surface area is 496 Å². The molecule has 5 nitrogen and oxygen atoms in total. The zero-order valence-corrected chi connectivity index (χ0v) is 51.0. The summed E-state index contributed by atoms with van der Waals surface area (Å²) in [7, 11) is 0. The molecule has 5 aliphatic carbocycles. The van der Waals surface area contributed by atoms with Crippen LogP contribution in [0, 0.1) is 58.1 Å². The second-order valence-electron chi connectivity index (χ2n) is 26.9. The van der Waals surface area contributed by atoms with Crippen LogP contribution in [0.5, 0.6) is 17.2 Å². The molecule has 1 heterocycles. The molecule has 83 heavy (non-hydrogen) atoms. The summed E-state index contributed by atoms with van der Waals surface area (Å²) in [6.45, 7) is 19.3. The van der Waals surface area contributed by atoms with Gasteiger partial charge in [-0.25, -0.2) is 9.18 Å². The van der Waals surface area contributed by atoms with Crippen molar-refractivity contribution in [2.45, 2.75) is 156 Å². The van der Waals surface area contributed by atoms with Gasteiger partial charge in [0.1, 0.15) is 29.2 Å². The second-order valence-corrected chi connectivity index (χ2v) is 27.7. The van der Waals surface area contributed by atoms with E-state index in [1.165, 1.54) is 63.1 Å². The van der Waals surface area contributed by atoms with Crippen LogP contribution in [-0.4, -0.2) is 18.9 Å². The number of allylic oxidation sites excluding steroid dienone is 2. The number of unbranched alkanes of at least 4 members (excludes halogenated alkanes) is 1. The highest BCUT2D eigenvalue weighted by Gasteiger charge is 2.60. The van der Waals surface area contributed by atoms with E-state index >= 15 is 0 Å². The number of hydrogen-bond donors (Lipinski definition) is 0. The lowest BCUT2D eigenvalue weighted by molar-refractivity contribution is -0.137. The first-order valence-electron chi connectivity index (χ1n) is 30.7. The number of halogens is 5. The number of carbonyl (C=O) groups is 1. The maximum Gasteiger partial charge on any atom is 0.514 e. The molecule has 6 aromatic carbocycles.